The van der Waals surface area contributed by atoms with Crippen LogP contribution in [0.15, 0.2) is 182 Å². The molecule has 0 spiro atoms. The van der Waals surface area contributed by atoms with Gasteiger partial charge in [-0.05, 0) is 98.4 Å². The molecular weight excluding hydrogens is 605 g/mol. The van der Waals surface area contributed by atoms with Crippen LogP contribution in [0, 0.1) is 0 Å². The molecule has 11 aromatic rings. The van der Waals surface area contributed by atoms with E-state index in [1.807, 2.05) is 0 Å². The molecule has 6 bridgehead atoms. The normalized spacial score (nSPS) is 12.0. The van der Waals surface area contributed by atoms with Crippen LogP contribution in [-0.2, 0) is 0 Å². The molecule has 2 nitrogen and oxygen atoms in total. The third kappa shape index (κ3) is 3.96. The smallest absolute Gasteiger partial charge is 0.0547 e. The highest BCUT2D eigenvalue weighted by atomic mass is 14.9. The molecule has 0 aliphatic carbocycles. The van der Waals surface area contributed by atoms with Gasteiger partial charge in [-0.3, -0.25) is 0 Å². The van der Waals surface area contributed by atoms with Crippen molar-refractivity contribution in [3.05, 3.63) is 182 Å². The second-order valence-electron chi connectivity index (χ2n) is 13.4. The second kappa shape index (κ2) is 10.4. The first-order chi connectivity index (χ1) is 24.8. The molecule has 3 heterocycles. The van der Waals surface area contributed by atoms with Crippen molar-refractivity contribution in [1.29, 1.82) is 0 Å². The summed E-state index contributed by atoms with van der Waals surface area (Å²) in [6, 6.07) is 67.2. The average molecular weight is 635 g/mol. The van der Waals surface area contributed by atoms with Crippen LogP contribution in [0.2, 0.25) is 0 Å². The van der Waals surface area contributed by atoms with E-state index in [9.17, 15) is 0 Å². The maximum absolute atomic E-state index is 2.46. The van der Waals surface area contributed by atoms with Crippen LogP contribution in [0.3, 0.4) is 0 Å². The van der Waals surface area contributed by atoms with Gasteiger partial charge >= 0.3 is 0 Å². The van der Waals surface area contributed by atoms with Crippen molar-refractivity contribution in [3.8, 4) is 22.3 Å². The first kappa shape index (κ1) is 27.3. The van der Waals surface area contributed by atoms with Gasteiger partial charge in [-0.2, -0.15) is 0 Å². The molecule has 0 radical (unpaired) electrons. The summed E-state index contributed by atoms with van der Waals surface area (Å²) in [6.45, 7) is 0. The minimum Gasteiger partial charge on any atom is -0.309 e. The van der Waals surface area contributed by atoms with E-state index in [1.54, 1.807) is 0 Å². The van der Waals surface area contributed by atoms with Crippen LogP contribution in [-0.4, -0.2) is 8.80 Å². The van der Waals surface area contributed by atoms with Crippen molar-refractivity contribution in [3.63, 3.8) is 0 Å². The Morgan fingerprint density at radius 2 is 0.700 bits per heavy atom. The van der Waals surface area contributed by atoms with Crippen LogP contribution in [0.25, 0.3) is 98.4 Å². The monoisotopic (exact) mass is 634 g/mol. The average Bonchev–Trinajstić information content (AvgIpc) is 3.69. The molecule has 3 aromatic heterocycles. The van der Waals surface area contributed by atoms with Crippen LogP contribution in [0.5, 0.6) is 0 Å². The highest BCUT2D eigenvalue weighted by Gasteiger charge is 2.15. The van der Waals surface area contributed by atoms with E-state index in [4.69, 9.17) is 0 Å². The fourth-order valence-corrected chi connectivity index (χ4v) is 8.31. The van der Waals surface area contributed by atoms with Gasteiger partial charge in [0.2, 0.25) is 0 Å². The molecule has 0 atom stereocenters. The van der Waals surface area contributed by atoms with Crippen molar-refractivity contribution in [2.45, 2.75) is 0 Å². The van der Waals surface area contributed by atoms with Crippen molar-refractivity contribution >= 4 is 76.2 Å². The first-order valence-corrected chi connectivity index (χ1v) is 17.3. The van der Waals surface area contributed by atoms with E-state index in [1.165, 1.54) is 87.4 Å². The number of hydrogen-bond donors (Lipinski definition) is 0. The lowest BCUT2D eigenvalue weighted by Gasteiger charge is -2.05. The van der Waals surface area contributed by atoms with Crippen molar-refractivity contribution in [1.82, 2.24) is 8.80 Å². The van der Waals surface area contributed by atoms with Crippen LogP contribution < -0.4 is 0 Å². The fraction of sp³-hybridized carbons (Fsp3) is 0. The largest absolute Gasteiger partial charge is 0.309 e. The standard InChI is InChI=1S/C48H30N2/c1-3-10-31(11-4-1)33-20-24-45-43(26-33)41-22-18-35-28-47(41)49(45)37-14-9-15-38(30-37)50-46-25-21-34(32-12-5-2-6-13-32)27-44(46)42-23-19-36(29-48(42)50)40-17-8-7-16-39(35)40/h1-30H. The zero-order chi connectivity index (χ0) is 32.8. The van der Waals surface area contributed by atoms with Crippen LogP contribution >= 0.6 is 0 Å². The molecule has 0 N–H and O–H groups in total. The van der Waals surface area contributed by atoms with E-state index < -0.39 is 0 Å². The molecule has 0 aliphatic rings. The first-order valence-electron chi connectivity index (χ1n) is 17.3. The zero-order valence-corrected chi connectivity index (χ0v) is 27.2. The molecule has 50 heavy (non-hydrogen) atoms. The number of hydrogen-bond acceptors (Lipinski definition) is 0. The summed E-state index contributed by atoms with van der Waals surface area (Å²) in [5.74, 6) is 0. The summed E-state index contributed by atoms with van der Waals surface area (Å²) in [5, 5.41) is 9.90. The third-order valence-corrected chi connectivity index (χ3v) is 10.6. The summed E-state index contributed by atoms with van der Waals surface area (Å²) in [6.07, 6.45) is 0. The van der Waals surface area contributed by atoms with Gasteiger partial charge in [0.1, 0.15) is 0 Å². The molecule has 0 saturated heterocycles. The number of aromatic nitrogens is 2. The summed E-state index contributed by atoms with van der Waals surface area (Å²) in [7, 11) is 0. The minimum absolute atomic E-state index is 1.15. The van der Waals surface area contributed by atoms with Gasteiger partial charge in [0.25, 0.3) is 0 Å². The highest BCUT2D eigenvalue weighted by molar-refractivity contribution is 6.16. The molecule has 0 saturated carbocycles. The van der Waals surface area contributed by atoms with Gasteiger partial charge in [0.05, 0.1) is 22.1 Å². The number of benzene rings is 8. The summed E-state index contributed by atoms with van der Waals surface area (Å²) in [5.41, 5.74) is 12.0. The Hall–Kier alpha value is -6.64. The van der Waals surface area contributed by atoms with Gasteiger partial charge in [-0.15, -0.1) is 0 Å². The Balaban J connectivity index is 1.35. The van der Waals surface area contributed by atoms with Gasteiger partial charge in [0, 0.05) is 32.6 Å². The lowest BCUT2D eigenvalue weighted by atomic mass is 10.0. The molecule has 11 rings (SSSR count). The van der Waals surface area contributed by atoms with Gasteiger partial charge < -0.3 is 8.80 Å². The lowest BCUT2D eigenvalue weighted by Crippen LogP contribution is -1.88. The highest BCUT2D eigenvalue weighted by Crippen LogP contribution is 2.38. The molecule has 0 aliphatic heterocycles. The minimum atomic E-state index is 1.15. The van der Waals surface area contributed by atoms with Gasteiger partial charge in [0.15, 0.2) is 0 Å². The maximum atomic E-state index is 2.46. The molecule has 0 unspecified atom stereocenters. The molecule has 0 fully saturated rings. The van der Waals surface area contributed by atoms with E-state index in [0.717, 1.165) is 11.0 Å². The Bertz CT molecular complexity index is 2970. The maximum Gasteiger partial charge on any atom is 0.0547 e. The third-order valence-electron chi connectivity index (χ3n) is 10.6. The van der Waals surface area contributed by atoms with E-state index in [0.29, 0.717) is 0 Å². The quantitative estimate of drug-likeness (QED) is 0.179. The number of nitrogens with zero attached hydrogens (tertiary/aromatic N) is 2. The topological polar surface area (TPSA) is 8.82 Å². The fourth-order valence-electron chi connectivity index (χ4n) is 8.31. The Labute approximate surface area is 288 Å². The lowest BCUT2D eigenvalue weighted by molar-refractivity contribution is 1.31. The van der Waals surface area contributed by atoms with Crippen molar-refractivity contribution in [2.75, 3.05) is 0 Å². The number of rotatable bonds is 2. The van der Waals surface area contributed by atoms with Gasteiger partial charge in [-0.1, -0.05) is 127 Å². The SMILES string of the molecule is c1ccc(-c2ccc3c(c2)c2ccc4cc2n3c2cccc(c2)n2c3ccc(-c5ccccc5)cc3c3ccc(cc32)c2ccccc42)cc1. The van der Waals surface area contributed by atoms with E-state index >= 15 is 0 Å². The number of fused-ring (bicyclic) bond motifs is 15. The molecule has 2 heteroatoms. The van der Waals surface area contributed by atoms with Crippen LogP contribution in [0.4, 0.5) is 0 Å². The van der Waals surface area contributed by atoms with Crippen molar-refractivity contribution in [2.24, 2.45) is 0 Å². The van der Waals surface area contributed by atoms with E-state index in [2.05, 4.69) is 191 Å². The predicted octanol–water partition coefficient (Wildman–Crippen LogP) is 13.0. The predicted molar refractivity (Wildman–Crippen MR) is 213 cm³/mol. The Kier molecular flexibility index (Phi) is 5.70. The Morgan fingerprint density at radius 1 is 0.240 bits per heavy atom. The Morgan fingerprint density at radius 3 is 1.18 bits per heavy atom. The summed E-state index contributed by atoms with van der Waals surface area (Å²) < 4.78 is 4.91. The van der Waals surface area contributed by atoms with Gasteiger partial charge in [-0.25, -0.2) is 0 Å². The molecule has 8 aromatic carbocycles. The molecular formula is C48H30N2. The van der Waals surface area contributed by atoms with E-state index in [-0.39, 0.29) is 0 Å². The summed E-state index contributed by atoms with van der Waals surface area (Å²) >= 11 is 0. The molecule has 0 amide bonds. The zero-order valence-electron chi connectivity index (χ0n) is 27.2. The van der Waals surface area contributed by atoms with Crippen LogP contribution in [0.1, 0.15) is 0 Å². The molecule has 232 valence electrons. The second-order valence-corrected chi connectivity index (χ2v) is 13.4. The van der Waals surface area contributed by atoms with Crippen molar-refractivity contribution < 1.29 is 0 Å². The summed E-state index contributed by atoms with van der Waals surface area (Å²) in [4.78, 5) is 0.